The summed E-state index contributed by atoms with van der Waals surface area (Å²) in [4.78, 5) is 8.83. The molecule has 2 unspecified atom stereocenters. The summed E-state index contributed by atoms with van der Waals surface area (Å²) in [5.41, 5.74) is 8.13. The van der Waals surface area contributed by atoms with Crippen LogP contribution in [0.3, 0.4) is 0 Å². The van der Waals surface area contributed by atoms with E-state index in [1.807, 2.05) is 35.3 Å². The smallest absolute Gasteiger partial charge is 0.0722 e. The molecule has 0 bridgehead atoms. The number of aryl methyl sites for hydroxylation is 2. The van der Waals surface area contributed by atoms with Gasteiger partial charge in [0.15, 0.2) is 0 Å². The summed E-state index contributed by atoms with van der Waals surface area (Å²) >= 11 is 5.63. The van der Waals surface area contributed by atoms with Gasteiger partial charge in [-0.3, -0.25) is 0 Å². The lowest BCUT2D eigenvalue weighted by Crippen LogP contribution is -2.56. The fourth-order valence-corrected chi connectivity index (χ4v) is 8.51. The van der Waals surface area contributed by atoms with Gasteiger partial charge in [-0.1, -0.05) is 94.8 Å². The molecule has 0 amide bonds. The molecule has 0 saturated carbocycles. The average molecular weight is 717 g/mol. The fourth-order valence-electron chi connectivity index (χ4n) is 6.49. The maximum absolute atomic E-state index is 4.84. The van der Waals surface area contributed by atoms with E-state index in [4.69, 9.17) is 13.2 Å². The number of nitrogens with zero attached hydrogens (tertiary/aromatic N) is 2. The van der Waals surface area contributed by atoms with E-state index in [1.54, 1.807) is 0 Å². The minimum Gasteiger partial charge on any atom is -0.365 e. The second kappa shape index (κ2) is 22.6. The maximum atomic E-state index is 4.84. The monoisotopic (exact) mass is 716 g/mol. The zero-order valence-corrected chi connectivity index (χ0v) is 33.7. The minimum atomic E-state index is 0.214. The Morgan fingerprint density at radius 2 is 0.878 bits per heavy atom. The molecule has 2 aromatic rings. The van der Waals surface area contributed by atoms with Crippen LogP contribution >= 0.6 is 35.3 Å². The largest absolute Gasteiger partial charge is 0.365 e. The van der Waals surface area contributed by atoms with Crippen molar-refractivity contribution in [3.63, 3.8) is 0 Å². The lowest BCUT2D eigenvalue weighted by molar-refractivity contribution is 0.118. The van der Waals surface area contributed by atoms with E-state index in [2.05, 4.69) is 106 Å². The summed E-state index contributed by atoms with van der Waals surface area (Å²) in [5, 5.41) is 0. The summed E-state index contributed by atoms with van der Waals surface area (Å²) in [6.45, 7) is 32.4. The van der Waals surface area contributed by atoms with Gasteiger partial charge in [-0.25, -0.2) is 0 Å². The second-order valence-corrected chi connectivity index (χ2v) is 17.9. The molecule has 1 aliphatic heterocycles. The fraction of sp³-hybridized carbons (Fsp3) is 0.500. The van der Waals surface area contributed by atoms with Gasteiger partial charge in [-0.2, -0.15) is 0 Å². The number of rotatable bonds is 24. The first-order chi connectivity index (χ1) is 23.6. The van der Waals surface area contributed by atoms with Crippen molar-refractivity contribution in [2.75, 3.05) is 30.3 Å². The maximum Gasteiger partial charge on any atom is 0.0722 e. The van der Waals surface area contributed by atoms with Crippen molar-refractivity contribution in [3.05, 3.63) is 130 Å². The van der Waals surface area contributed by atoms with Gasteiger partial charge in [0.1, 0.15) is 0 Å². The van der Waals surface area contributed by atoms with Crippen molar-refractivity contribution in [2.45, 2.75) is 110 Å². The molecule has 1 heterocycles. The highest BCUT2D eigenvalue weighted by molar-refractivity contribution is 8.03. The molecular formula is C44H64N2S3. The van der Waals surface area contributed by atoms with Crippen LogP contribution < -0.4 is 0 Å². The second-order valence-electron chi connectivity index (χ2n) is 13.7. The van der Waals surface area contributed by atoms with E-state index in [9.17, 15) is 0 Å². The van der Waals surface area contributed by atoms with Gasteiger partial charge in [0.2, 0.25) is 0 Å². The Bertz CT molecular complexity index is 1340. The van der Waals surface area contributed by atoms with E-state index in [0.717, 1.165) is 57.4 Å². The van der Waals surface area contributed by atoms with Crippen LogP contribution in [-0.4, -0.2) is 52.2 Å². The van der Waals surface area contributed by atoms with E-state index >= 15 is 0 Å². The molecule has 0 N–H and O–H groups in total. The normalized spacial score (nSPS) is 16.3. The first-order valence-electron chi connectivity index (χ1n) is 18.5. The van der Waals surface area contributed by atoms with Crippen molar-refractivity contribution in [1.29, 1.82) is 0 Å². The van der Waals surface area contributed by atoms with Crippen molar-refractivity contribution < 1.29 is 0 Å². The zero-order valence-electron chi connectivity index (χ0n) is 31.2. The van der Waals surface area contributed by atoms with Gasteiger partial charge >= 0.3 is 0 Å². The summed E-state index contributed by atoms with van der Waals surface area (Å²) in [6, 6.07) is 19.2. The van der Waals surface area contributed by atoms with E-state index in [1.165, 1.54) is 92.0 Å². The van der Waals surface area contributed by atoms with Crippen LogP contribution in [0.25, 0.3) is 0 Å². The quantitative estimate of drug-likeness (QED) is 0.0995. The van der Waals surface area contributed by atoms with Crippen LogP contribution in [0.15, 0.2) is 108 Å². The Labute approximate surface area is 314 Å². The highest BCUT2D eigenvalue weighted by Crippen LogP contribution is 2.35. The Balaban J connectivity index is 1.74. The molecule has 0 spiro atoms. The summed E-state index contributed by atoms with van der Waals surface area (Å²) in [6.07, 6.45) is 12.5. The third-order valence-corrected chi connectivity index (χ3v) is 12.2. The van der Waals surface area contributed by atoms with Gasteiger partial charge in [-0.05, 0) is 139 Å². The van der Waals surface area contributed by atoms with Gasteiger partial charge < -0.3 is 9.80 Å². The molecule has 1 fully saturated rings. The Hall–Kier alpha value is -2.21. The molecule has 5 heteroatoms. The number of allylic oxidation sites excluding steroid dienone is 3. The first-order valence-corrected chi connectivity index (χ1v) is 21.5. The third kappa shape index (κ3) is 14.9. The number of benzene rings is 2. The highest BCUT2D eigenvalue weighted by atomic mass is 32.2. The van der Waals surface area contributed by atoms with Crippen molar-refractivity contribution in [2.24, 2.45) is 0 Å². The summed E-state index contributed by atoms with van der Waals surface area (Å²) in [7, 11) is 0. The predicted molar refractivity (Wildman–Crippen MR) is 227 cm³/mol. The molecule has 268 valence electrons. The lowest BCUT2D eigenvalue weighted by atomic mass is 9.90. The minimum absolute atomic E-state index is 0.214. The third-order valence-electron chi connectivity index (χ3n) is 9.22. The number of unbranched alkanes of at least 4 members (excludes halogenated alkanes) is 3. The van der Waals surface area contributed by atoms with Crippen LogP contribution in [0.2, 0.25) is 0 Å². The number of piperazine rings is 1. The van der Waals surface area contributed by atoms with Crippen molar-refractivity contribution >= 4 is 35.3 Å². The molecular weight excluding hydrogens is 653 g/mol. The number of hydrogen-bond donors (Lipinski definition) is 0. The van der Waals surface area contributed by atoms with Crippen LogP contribution in [-0.2, 0) is 25.7 Å². The average Bonchev–Trinajstić information content (AvgIpc) is 3.07. The van der Waals surface area contributed by atoms with Crippen molar-refractivity contribution in [3.8, 4) is 0 Å². The first kappa shape index (κ1) is 41.2. The van der Waals surface area contributed by atoms with E-state index in [0.29, 0.717) is 0 Å². The highest BCUT2D eigenvalue weighted by Gasteiger charge is 2.38. The Kier molecular flexibility index (Phi) is 19.0. The van der Waals surface area contributed by atoms with Crippen molar-refractivity contribution in [1.82, 2.24) is 9.80 Å². The predicted octanol–water partition coefficient (Wildman–Crippen LogP) is 12.5. The van der Waals surface area contributed by atoms with Gasteiger partial charge in [0, 0.05) is 24.5 Å². The number of hydrogen-bond acceptors (Lipinski definition) is 5. The molecule has 2 aromatic carbocycles. The molecule has 3 rings (SSSR count). The molecule has 2 nitrogen and oxygen atoms in total. The van der Waals surface area contributed by atoms with E-state index in [-0.39, 0.29) is 12.1 Å². The van der Waals surface area contributed by atoms with Crippen LogP contribution in [0, 0.1) is 0 Å². The molecule has 0 radical (unpaired) electrons. The molecule has 1 saturated heterocycles. The lowest BCUT2D eigenvalue weighted by Gasteiger charge is -2.51. The zero-order chi connectivity index (χ0) is 35.6. The molecule has 2 atom stereocenters. The van der Waals surface area contributed by atoms with Gasteiger partial charge in [0.05, 0.1) is 12.1 Å². The summed E-state index contributed by atoms with van der Waals surface area (Å²) in [5.74, 6) is 3.41. The molecule has 0 aromatic heterocycles. The van der Waals surface area contributed by atoms with E-state index < -0.39 is 0 Å². The standard InChI is InChI=1S/C44H64N2S3/c1-10-11-27-45-37(8)44(33-42-25-21-40(22-26-42)18-13-15-30-48-35(4)5)46(28-16-31-49-36(6)7)38(9)43(45)32-41-23-19-39(20-24-41)17-12-14-29-47-34(2)3/h19-26,43-44H,2,4,6,8-18,27-33H2,1,3,5,7H3. The van der Waals surface area contributed by atoms with Gasteiger partial charge in [0.25, 0.3) is 0 Å². The SMILES string of the molecule is C=C(C)SCCCCc1ccc(CC2C(=C)N(CCCSC(=C)C)C(Cc3ccc(CCCCSC(=C)C)cc3)C(=C)N2CCCC)cc1. The Morgan fingerprint density at radius 1 is 0.531 bits per heavy atom. The number of thioether (sulfide) groups is 3. The van der Waals surface area contributed by atoms with Gasteiger partial charge in [-0.15, -0.1) is 35.3 Å². The van der Waals surface area contributed by atoms with Crippen LogP contribution in [0.5, 0.6) is 0 Å². The topological polar surface area (TPSA) is 6.48 Å². The molecule has 1 aliphatic rings. The molecule has 0 aliphatic carbocycles. The van der Waals surface area contributed by atoms with Crippen LogP contribution in [0.4, 0.5) is 0 Å². The summed E-state index contributed by atoms with van der Waals surface area (Å²) < 4.78 is 0. The van der Waals surface area contributed by atoms with Crippen LogP contribution in [0.1, 0.15) is 94.9 Å². The Morgan fingerprint density at radius 3 is 1.24 bits per heavy atom. The molecule has 49 heavy (non-hydrogen) atoms.